The van der Waals surface area contributed by atoms with Gasteiger partial charge in [0.05, 0.1) is 19.3 Å². The van der Waals surface area contributed by atoms with Crippen molar-refractivity contribution in [2.45, 2.75) is 18.9 Å². The molecular formula is C15H21NO4. The Morgan fingerprint density at radius 3 is 3.10 bits per heavy atom. The fourth-order valence-corrected chi connectivity index (χ4v) is 2.36. The molecule has 0 spiro atoms. The van der Waals surface area contributed by atoms with Gasteiger partial charge in [0.1, 0.15) is 5.75 Å². The van der Waals surface area contributed by atoms with Crippen LogP contribution in [0.3, 0.4) is 0 Å². The van der Waals surface area contributed by atoms with E-state index in [1.165, 1.54) is 12.0 Å². The first-order chi connectivity index (χ1) is 9.61. The zero-order valence-corrected chi connectivity index (χ0v) is 12.0. The number of aliphatic hydroxyl groups excluding tert-OH is 1. The molecule has 1 amide bonds. The van der Waals surface area contributed by atoms with Gasteiger partial charge >= 0.3 is 0 Å². The monoisotopic (exact) mass is 279 g/mol. The van der Waals surface area contributed by atoms with Gasteiger partial charge in [0.2, 0.25) is 0 Å². The summed E-state index contributed by atoms with van der Waals surface area (Å²) in [5.41, 5.74) is 1.70. The lowest BCUT2D eigenvalue weighted by atomic mass is 10.0. The standard InChI is InChI=1S/C15H21NO4/c1-16(9-13(17)10-19-2)15(18)12-5-6-14-11(8-12)4-3-7-20-14/h5-6,8,13,17H,3-4,7,9-10H2,1-2H3/t13-/m1/s1. The molecule has 1 aromatic carbocycles. The number of likely N-dealkylation sites (N-methyl/N-ethyl adjacent to an activating group) is 1. The van der Waals surface area contributed by atoms with Crippen LogP contribution in [0.5, 0.6) is 5.75 Å². The number of fused-ring (bicyclic) bond motifs is 1. The minimum absolute atomic E-state index is 0.103. The minimum Gasteiger partial charge on any atom is -0.493 e. The summed E-state index contributed by atoms with van der Waals surface area (Å²) in [6.45, 7) is 1.21. The maximum Gasteiger partial charge on any atom is 0.253 e. The van der Waals surface area contributed by atoms with E-state index in [1.807, 2.05) is 12.1 Å². The summed E-state index contributed by atoms with van der Waals surface area (Å²) in [7, 11) is 3.20. The van der Waals surface area contributed by atoms with Crippen LogP contribution < -0.4 is 4.74 Å². The van der Waals surface area contributed by atoms with Crippen molar-refractivity contribution in [3.8, 4) is 5.75 Å². The molecule has 5 heteroatoms. The highest BCUT2D eigenvalue weighted by Crippen LogP contribution is 2.25. The number of nitrogens with zero attached hydrogens (tertiary/aromatic N) is 1. The third-order valence-corrected chi connectivity index (χ3v) is 3.35. The molecule has 1 atom stereocenters. The van der Waals surface area contributed by atoms with E-state index in [0.717, 1.165) is 30.8 Å². The molecule has 110 valence electrons. The average Bonchev–Trinajstić information content (AvgIpc) is 2.46. The molecule has 0 unspecified atom stereocenters. The molecule has 0 radical (unpaired) electrons. The van der Waals surface area contributed by atoms with Gasteiger partial charge < -0.3 is 19.5 Å². The largest absolute Gasteiger partial charge is 0.493 e. The van der Waals surface area contributed by atoms with E-state index in [-0.39, 0.29) is 19.1 Å². The Hall–Kier alpha value is -1.59. The Balaban J connectivity index is 2.05. The summed E-state index contributed by atoms with van der Waals surface area (Å²) >= 11 is 0. The van der Waals surface area contributed by atoms with Crippen LogP contribution in [0.1, 0.15) is 22.3 Å². The molecule has 0 saturated carbocycles. The summed E-state index contributed by atoms with van der Waals surface area (Å²) in [4.78, 5) is 13.8. The Morgan fingerprint density at radius 1 is 1.55 bits per heavy atom. The summed E-state index contributed by atoms with van der Waals surface area (Å²) in [6.07, 6.45) is 1.24. The van der Waals surface area contributed by atoms with Crippen LogP contribution in [0.2, 0.25) is 0 Å². The highest BCUT2D eigenvalue weighted by Gasteiger charge is 2.18. The van der Waals surface area contributed by atoms with Crippen LogP contribution in [-0.4, -0.2) is 55.9 Å². The molecule has 0 saturated heterocycles. The molecule has 1 aliphatic heterocycles. The third kappa shape index (κ3) is 3.49. The number of amides is 1. The normalized spacial score (nSPS) is 15.2. The van der Waals surface area contributed by atoms with E-state index in [4.69, 9.17) is 9.47 Å². The van der Waals surface area contributed by atoms with Crippen LogP contribution in [0.15, 0.2) is 18.2 Å². The third-order valence-electron chi connectivity index (χ3n) is 3.35. The summed E-state index contributed by atoms with van der Waals surface area (Å²) in [5, 5.41) is 9.67. The molecule has 1 heterocycles. The number of hydrogen-bond donors (Lipinski definition) is 1. The number of methoxy groups -OCH3 is 1. The number of hydrogen-bond acceptors (Lipinski definition) is 4. The van der Waals surface area contributed by atoms with Gasteiger partial charge in [-0.15, -0.1) is 0 Å². The number of aliphatic hydroxyl groups is 1. The van der Waals surface area contributed by atoms with Crippen molar-refractivity contribution in [3.05, 3.63) is 29.3 Å². The molecule has 0 aromatic heterocycles. The Morgan fingerprint density at radius 2 is 2.35 bits per heavy atom. The van der Waals surface area contributed by atoms with Gasteiger partial charge in [-0.3, -0.25) is 4.79 Å². The highest BCUT2D eigenvalue weighted by molar-refractivity contribution is 5.94. The Bertz CT molecular complexity index is 475. The predicted molar refractivity (Wildman–Crippen MR) is 75.1 cm³/mol. The molecule has 5 nitrogen and oxygen atoms in total. The number of carbonyl (C=O) groups is 1. The van der Waals surface area contributed by atoms with Gasteiger partial charge in [0, 0.05) is 26.3 Å². The van der Waals surface area contributed by atoms with Gasteiger partial charge in [0.25, 0.3) is 5.91 Å². The second-order valence-corrected chi connectivity index (χ2v) is 5.07. The SMILES string of the molecule is COC[C@H](O)CN(C)C(=O)c1ccc2c(c1)CCCO2. The zero-order valence-electron chi connectivity index (χ0n) is 12.0. The fraction of sp³-hybridized carbons (Fsp3) is 0.533. The molecule has 20 heavy (non-hydrogen) atoms. The smallest absolute Gasteiger partial charge is 0.253 e. The van der Waals surface area contributed by atoms with E-state index < -0.39 is 6.10 Å². The summed E-state index contributed by atoms with van der Waals surface area (Å²) < 4.78 is 10.4. The number of benzene rings is 1. The second-order valence-electron chi connectivity index (χ2n) is 5.07. The first-order valence-electron chi connectivity index (χ1n) is 6.80. The minimum atomic E-state index is -0.671. The molecular weight excluding hydrogens is 258 g/mol. The van der Waals surface area contributed by atoms with Crippen LogP contribution in [0.4, 0.5) is 0 Å². The number of aryl methyl sites for hydroxylation is 1. The Labute approximate surface area is 119 Å². The van der Waals surface area contributed by atoms with Crippen molar-refractivity contribution in [1.29, 1.82) is 0 Å². The van der Waals surface area contributed by atoms with E-state index in [9.17, 15) is 9.90 Å². The Kier molecular flexibility index (Phi) is 4.98. The lowest BCUT2D eigenvalue weighted by molar-refractivity contribution is 0.0380. The maximum atomic E-state index is 12.3. The topological polar surface area (TPSA) is 59.0 Å². The average molecular weight is 279 g/mol. The van der Waals surface area contributed by atoms with Crippen LogP contribution in [0.25, 0.3) is 0 Å². The zero-order chi connectivity index (χ0) is 14.5. The van der Waals surface area contributed by atoms with E-state index in [0.29, 0.717) is 5.56 Å². The van der Waals surface area contributed by atoms with Gasteiger partial charge in [-0.2, -0.15) is 0 Å². The molecule has 0 bridgehead atoms. The number of ether oxygens (including phenoxy) is 2. The van der Waals surface area contributed by atoms with Crippen LogP contribution in [-0.2, 0) is 11.2 Å². The molecule has 2 rings (SSSR count). The molecule has 1 aromatic rings. The van der Waals surface area contributed by atoms with E-state index in [2.05, 4.69) is 0 Å². The molecule has 1 aliphatic rings. The molecule has 0 aliphatic carbocycles. The van der Waals surface area contributed by atoms with Crippen LogP contribution >= 0.6 is 0 Å². The maximum absolute atomic E-state index is 12.3. The van der Waals surface area contributed by atoms with Gasteiger partial charge in [-0.05, 0) is 36.6 Å². The van der Waals surface area contributed by atoms with Crippen molar-refractivity contribution in [1.82, 2.24) is 4.90 Å². The molecule has 0 fully saturated rings. The summed E-state index contributed by atoms with van der Waals surface area (Å²) in [6, 6.07) is 5.50. The van der Waals surface area contributed by atoms with Crippen molar-refractivity contribution < 1.29 is 19.4 Å². The number of rotatable bonds is 5. The highest BCUT2D eigenvalue weighted by atomic mass is 16.5. The van der Waals surface area contributed by atoms with Gasteiger partial charge in [-0.1, -0.05) is 0 Å². The van der Waals surface area contributed by atoms with Crippen LogP contribution in [0, 0.1) is 0 Å². The van der Waals surface area contributed by atoms with E-state index >= 15 is 0 Å². The van der Waals surface area contributed by atoms with Gasteiger partial charge in [-0.25, -0.2) is 0 Å². The first-order valence-corrected chi connectivity index (χ1v) is 6.80. The van der Waals surface area contributed by atoms with Crippen molar-refractivity contribution in [2.24, 2.45) is 0 Å². The predicted octanol–water partition coefficient (Wildman–Crippen LogP) is 1.09. The summed E-state index contributed by atoms with van der Waals surface area (Å²) in [5.74, 6) is 0.767. The fourth-order valence-electron chi connectivity index (χ4n) is 2.36. The van der Waals surface area contributed by atoms with E-state index in [1.54, 1.807) is 13.1 Å². The first kappa shape index (κ1) is 14.8. The van der Waals surface area contributed by atoms with Crippen molar-refractivity contribution in [2.75, 3.05) is 33.9 Å². The lowest BCUT2D eigenvalue weighted by Gasteiger charge is -2.22. The van der Waals surface area contributed by atoms with Gasteiger partial charge in [0.15, 0.2) is 0 Å². The van der Waals surface area contributed by atoms with Crippen molar-refractivity contribution >= 4 is 5.91 Å². The number of carbonyl (C=O) groups excluding carboxylic acids is 1. The quantitative estimate of drug-likeness (QED) is 0.876. The lowest BCUT2D eigenvalue weighted by Crippen LogP contribution is -2.36. The second kappa shape index (κ2) is 6.72. The molecule has 1 N–H and O–H groups in total. The van der Waals surface area contributed by atoms with Crippen molar-refractivity contribution in [3.63, 3.8) is 0 Å².